The topological polar surface area (TPSA) is 12.0 Å². The number of nitrogens with one attached hydrogen (secondary N) is 1. The minimum atomic E-state index is -0.509. The number of hydrogen-bond acceptors (Lipinski definition) is 2. The highest BCUT2D eigenvalue weighted by Gasteiger charge is 2.28. The van der Waals surface area contributed by atoms with Crippen LogP contribution in [0.15, 0.2) is 18.2 Å². The van der Waals surface area contributed by atoms with Gasteiger partial charge in [0.1, 0.15) is 11.6 Å². The van der Waals surface area contributed by atoms with Crippen molar-refractivity contribution in [3.63, 3.8) is 0 Å². The van der Waals surface area contributed by atoms with Crippen LogP contribution in [-0.4, -0.2) is 17.0 Å². The molecule has 0 amide bonds. The van der Waals surface area contributed by atoms with E-state index in [0.29, 0.717) is 5.56 Å². The molecule has 16 heavy (non-hydrogen) atoms. The van der Waals surface area contributed by atoms with Gasteiger partial charge in [-0.15, -0.1) is 0 Å². The van der Waals surface area contributed by atoms with Gasteiger partial charge in [0, 0.05) is 29.2 Å². The standard InChI is InChI=1S/C12H15F2NS/c1-12(2)7-16-6-11(15-12)8-3-9(13)5-10(14)4-8/h3-5,11,15H,6-7H2,1-2H3. The molecule has 0 aliphatic carbocycles. The lowest BCUT2D eigenvalue weighted by Gasteiger charge is -2.37. The van der Waals surface area contributed by atoms with Crippen molar-refractivity contribution < 1.29 is 8.78 Å². The van der Waals surface area contributed by atoms with E-state index in [1.165, 1.54) is 12.1 Å². The van der Waals surface area contributed by atoms with Gasteiger partial charge in [0.2, 0.25) is 0 Å². The highest BCUT2D eigenvalue weighted by molar-refractivity contribution is 7.99. The van der Waals surface area contributed by atoms with Crippen molar-refractivity contribution in [1.29, 1.82) is 0 Å². The fraction of sp³-hybridized carbons (Fsp3) is 0.500. The molecule has 0 radical (unpaired) electrons. The molecule has 1 fully saturated rings. The maximum Gasteiger partial charge on any atom is 0.126 e. The van der Waals surface area contributed by atoms with Gasteiger partial charge < -0.3 is 5.32 Å². The van der Waals surface area contributed by atoms with Crippen LogP contribution in [0.5, 0.6) is 0 Å². The zero-order valence-corrected chi connectivity index (χ0v) is 10.2. The lowest BCUT2D eigenvalue weighted by atomic mass is 10.0. The van der Waals surface area contributed by atoms with E-state index in [1.54, 1.807) is 0 Å². The molecule has 1 saturated heterocycles. The van der Waals surface area contributed by atoms with E-state index >= 15 is 0 Å². The molecule has 1 aromatic rings. The third-order valence-electron chi connectivity index (χ3n) is 2.60. The van der Waals surface area contributed by atoms with Crippen LogP contribution in [0.25, 0.3) is 0 Å². The van der Waals surface area contributed by atoms with Gasteiger partial charge in [0.25, 0.3) is 0 Å². The molecule has 1 aliphatic heterocycles. The summed E-state index contributed by atoms with van der Waals surface area (Å²) in [5.74, 6) is 0.850. The highest BCUT2D eigenvalue weighted by atomic mass is 32.2. The summed E-state index contributed by atoms with van der Waals surface area (Å²) in [6.45, 7) is 4.20. The van der Waals surface area contributed by atoms with Crippen molar-refractivity contribution in [1.82, 2.24) is 5.32 Å². The van der Waals surface area contributed by atoms with Gasteiger partial charge in [0.15, 0.2) is 0 Å². The third-order valence-corrected chi connectivity index (χ3v) is 4.09. The quantitative estimate of drug-likeness (QED) is 0.813. The van der Waals surface area contributed by atoms with Gasteiger partial charge in [-0.3, -0.25) is 0 Å². The predicted molar refractivity (Wildman–Crippen MR) is 63.6 cm³/mol. The average Bonchev–Trinajstić information content (AvgIpc) is 2.14. The zero-order valence-electron chi connectivity index (χ0n) is 9.39. The van der Waals surface area contributed by atoms with Crippen LogP contribution in [0, 0.1) is 11.6 Å². The predicted octanol–water partition coefficient (Wildman–Crippen LogP) is 3.12. The molecular weight excluding hydrogens is 228 g/mol. The van der Waals surface area contributed by atoms with Gasteiger partial charge in [-0.1, -0.05) is 0 Å². The summed E-state index contributed by atoms with van der Waals surface area (Å²) in [5.41, 5.74) is 0.703. The van der Waals surface area contributed by atoms with E-state index in [0.717, 1.165) is 17.6 Å². The minimum absolute atomic E-state index is 0.0103. The van der Waals surface area contributed by atoms with Crippen LogP contribution in [0.1, 0.15) is 25.5 Å². The lowest BCUT2D eigenvalue weighted by molar-refractivity contribution is 0.374. The van der Waals surface area contributed by atoms with Gasteiger partial charge in [0.05, 0.1) is 0 Å². The Labute approximate surface area is 98.6 Å². The molecule has 0 bridgehead atoms. The summed E-state index contributed by atoms with van der Waals surface area (Å²) >= 11 is 1.81. The van der Waals surface area contributed by atoms with Gasteiger partial charge in [-0.2, -0.15) is 11.8 Å². The molecule has 1 unspecified atom stereocenters. The second kappa shape index (κ2) is 4.34. The van der Waals surface area contributed by atoms with Crippen LogP contribution in [0.4, 0.5) is 8.78 Å². The SMILES string of the molecule is CC1(C)CSCC(c2cc(F)cc(F)c2)N1. The van der Waals surface area contributed by atoms with Crippen molar-refractivity contribution in [3.8, 4) is 0 Å². The summed E-state index contributed by atoms with van der Waals surface area (Å²) in [7, 11) is 0. The first kappa shape index (κ1) is 11.9. The van der Waals surface area contributed by atoms with Gasteiger partial charge >= 0.3 is 0 Å². The molecule has 4 heteroatoms. The summed E-state index contributed by atoms with van der Waals surface area (Å²) in [5, 5.41) is 3.41. The maximum absolute atomic E-state index is 13.1. The van der Waals surface area contributed by atoms with Crippen LogP contribution in [-0.2, 0) is 0 Å². The molecule has 1 heterocycles. The number of hydrogen-bond donors (Lipinski definition) is 1. The van der Waals surface area contributed by atoms with E-state index in [1.807, 2.05) is 11.8 Å². The summed E-state index contributed by atoms with van der Waals surface area (Å²) < 4.78 is 26.2. The molecule has 0 spiro atoms. The molecule has 1 aliphatic rings. The van der Waals surface area contributed by atoms with E-state index in [2.05, 4.69) is 19.2 Å². The molecule has 0 aromatic heterocycles. The Morgan fingerprint density at radius 2 is 1.88 bits per heavy atom. The normalized spacial score (nSPS) is 24.4. The van der Waals surface area contributed by atoms with E-state index < -0.39 is 11.6 Å². The van der Waals surface area contributed by atoms with E-state index in [4.69, 9.17) is 0 Å². The number of rotatable bonds is 1. The molecule has 88 valence electrons. The number of halogens is 2. The highest BCUT2D eigenvalue weighted by Crippen LogP contribution is 2.29. The zero-order chi connectivity index (χ0) is 11.8. The Morgan fingerprint density at radius 1 is 1.25 bits per heavy atom. The van der Waals surface area contributed by atoms with E-state index in [9.17, 15) is 8.78 Å². The molecule has 1 N–H and O–H groups in total. The van der Waals surface area contributed by atoms with Gasteiger partial charge in [-0.25, -0.2) is 8.78 Å². The number of thioether (sulfide) groups is 1. The maximum atomic E-state index is 13.1. The Kier molecular flexibility index (Phi) is 3.22. The number of benzene rings is 1. The van der Waals surface area contributed by atoms with Crippen molar-refractivity contribution >= 4 is 11.8 Å². The summed E-state index contributed by atoms with van der Waals surface area (Å²) in [4.78, 5) is 0. The largest absolute Gasteiger partial charge is 0.303 e. The Morgan fingerprint density at radius 3 is 2.44 bits per heavy atom. The fourth-order valence-electron chi connectivity index (χ4n) is 1.94. The monoisotopic (exact) mass is 243 g/mol. The second-order valence-electron chi connectivity index (χ2n) is 4.80. The van der Waals surface area contributed by atoms with Crippen molar-refractivity contribution in [2.75, 3.05) is 11.5 Å². The average molecular weight is 243 g/mol. The third kappa shape index (κ3) is 2.74. The van der Waals surface area contributed by atoms with Crippen LogP contribution < -0.4 is 5.32 Å². The molecular formula is C12H15F2NS. The van der Waals surface area contributed by atoms with Crippen LogP contribution >= 0.6 is 11.8 Å². The molecule has 2 rings (SSSR count). The van der Waals surface area contributed by atoms with Crippen molar-refractivity contribution in [2.24, 2.45) is 0 Å². The second-order valence-corrected chi connectivity index (χ2v) is 5.83. The first-order chi connectivity index (χ1) is 7.46. The molecule has 1 atom stereocenters. The lowest BCUT2D eigenvalue weighted by Crippen LogP contribution is -2.48. The molecule has 1 aromatic carbocycles. The smallest absolute Gasteiger partial charge is 0.126 e. The van der Waals surface area contributed by atoms with Crippen LogP contribution in [0.3, 0.4) is 0 Å². The van der Waals surface area contributed by atoms with E-state index in [-0.39, 0.29) is 11.6 Å². The Hall–Kier alpha value is -0.610. The molecule has 1 nitrogen and oxygen atoms in total. The fourth-order valence-corrected chi connectivity index (χ4v) is 3.17. The van der Waals surface area contributed by atoms with Crippen molar-refractivity contribution in [2.45, 2.75) is 25.4 Å². The first-order valence-electron chi connectivity index (χ1n) is 5.28. The summed E-state index contributed by atoms with van der Waals surface area (Å²) in [6, 6.07) is 3.75. The summed E-state index contributed by atoms with van der Waals surface area (Å²) in [6.07, 6.45) is 0. The molecule has 0 saturated carbocycles. The first-order valence-corrected chi connectivity index (χ1v) is 6.43. The van der Waals surface area contributed by atoms with Crippen LogP contribution in [0.2, 0.25) is 0 Å². The Bertz CT molecular complexity index is 372. The van der Waals surface area contributed by atoms with Gasteiger partial charge in [-0.05, 0) is 31.5 Å². The Balaban J connectivity index is 2.23. The van der Waals surface area contributed by atoms with Crippen molar-refractivity contribution in [3.05, 3.63) is 35.4 Å². The minimum Gasteiger partial charge on any atom is -0.303 e.